The van der Waals surface area contributed by atoms with Gasteiger partial charge in [0, 0.05) is 19.0 Å². The number of nitrogens with two attached hydrogens (primary N) is 1. The molecule has 0 saturated heterocycles. The van der Waals surface area contributed by atoms with Gasteiger partial charge in [-0.15, -0.1) is 0 Å². The number of halogens is 1. The van der Waals surface area contributed by atoms with E-state index in [1.165, 1.54) is 42.3 Å². The summed E-state index contributed by atoms with van der Waals surface area (Å²) in [4.78, 5) is 0. The molecule has 120 valence electrons. The molecule has 1 atom stereocenters. The van der Waals surface area contributed by atoms with Crippen LogP contribution in [0.25, 0.3) is 0 Å². The van der Waals surface area contributed by atoms with E-state index < -0.39 is 0 Å². The Labute approximate surface area is 137 Å². The second-order valence-corrected chi connectivity index (χ2v) is 7.31. The molecule has 0 radical (unpaired) electrons. The van der Waals surface area contributed by atoms with Crippen molar-refractivity contribution in [1.82, 2.24) is 15.2 Å². The zero-order valence-electron chi connectivity index (χ0n) is 13.6. The molecule has 0 aliphatic heterocycles. The molecule has 2 rings (SSSR count). The van der Waals surface area contributed by atoms with Crippen molar-refractivity contribution < 1.29 is 0 Å². The molecule has 21 heavy (non-hydrogen) atoms. The molecule has 1 aliphatic carbocycles. The normalized spacial score (nSPS) is 19.7. The second kappa shape index (κ2) is 7.25. The number of aryl methyl sites for hydroxylation is 2. The minimum atomic E-state index is 0.293. The summed E-state index contributed by atoms with van der Waals surface area (Å²) in [5.74, 6) is 5.92. The van der Waals surface area contributed by atoms with Crippen molar-refractivity contribution in [2.75, 3.05) is 0 Å². The molecule has 5 heteroatoms. The Bertz CT molecular complexity index is 463. The standard InChI is InChI=1S/C16H29BrN4/c1-4-12-15(17)13(21(5-2)20-12)11-14(19-18)16(3)9-7-6-8-10-16/h14,19H,4-11,18H2,1-3H3. The van der Waals surface area contributed by atoms with Crippen LogP contribution >= 0.6 is 15.9 Å². The number of hydrogen-bond donors (Lipinski definition) is 2. The van der Waals surface area contributed by atoms with Gasteiger partial charge >= 0.3 is 0 Å². The van der Waals surface area contributed by atoms with Gasteiger partial charge in [-0.2, -0.15) is 5.10 Å². The number of hydrazine groups is 1. The Balaban J connectivity index is 2.24. The van der Waals surface area contributed by atoms with Crippen molar-refractivity contribution >= 4 is 15.9 Å². The van der Waals surface area contributed by atoms with Crippen LogP contribution in [0.15, 0.2) is 4.47 Å². The lowest BCUT2D eigenvalue weighted by atomic mass is 9.69. The number of nitrogens with one attached hydrogen (secondary N) is 1. The minimum absolute atomic E-state index is 0.293. The first-order chi connectivity index (χ1) is 10.1. The van der Waals surface area contributed by atoms with Crippen molar-refractivity contribution in [3.63, 3.8) is 0 Å². The van der Waals surface area contributed by atoms with Crippen molar-refractivity contribution in [2.45, 2.75) is 78.3 Å². The number of hydrogen-bond acceptors (Lipinski definition) is 3. The van der Waals surface area contributed by atoms with Crippen LogP contribution in [0.1, 0.15) is 64.3 Å². The largest absolute Gasteiger partial charge is 0.271 e. The molecule has 0 aromatic carbocycles. The Kier molecular flexibility index (Phi) is 5.86. The first-order valence-corrected chi connectivity index (χ1v) is 9.05. The molecule has 1 saturated carbocycles. The summed E-state index contributed by atoms with van der Waals surface area (Å²) in [6.07, 6.45) is 8.43. The van der Waals surface area contributed by atoms with Gasteiger partial charge in [0.05, 0.1) is 15.9 Å². The highest BCUT2D eigenvalue weighted by atomic mass is 79.9. The first kappa shape index (κ1) is 17.0. The SMILES string of the molecule is CCc1nn(CC)c(CC(NN)C2(C)CCCCC2)c1Br. The summed E-state index contributed by atoms with van der Waals surface area (Å²) >= 11 is 3.75. The van der Waals surface area contributed by atoms with Gasteiger partial charge in [0.25, 0.3) is 0 Å². The molecule has 0 amide bonds. The summed E-state index contributed by atoms with van der Waals surface area (Å²) in [6, 6.07) is 0.306. The van der Waals surface area contributed by atoms with Gasteiger partial charge < -0.3 is 0 Å². The first-order valence-electron chi connectivity index (χ1n) is 8.26. The summed E-state index contributed by atoms with van der Waals surface area (Å²) in [7, 11) is 0. The van der Waals surface area contributed by atoms with Crippen molar-refractivity contribution in [3.05, 3.63) is 15.9 Å². The zero-order chi connectivity index (χ0) is 15.5. The van der Waals surface area contributed by atoms with Crippen LogP contribution in [-0.2, 0) is 19.4 Å². The van der Waals surface area contributed by atoms with Crippen LogP contribution in [0.2, 0.25) is 0 Å². The maximum absolute atomic E-state index is 5.92. The molecule has 1 aromatic heterocycles. The maximum Gasteiger partial charge on any atom is 0.0766 e. The Morgan fingerprint density at radius 3 is 2.52 bits per heavy atom. The van der Waals surface area contributed by atoms with Gasteiger partial charge in [-0.1, -0.05) is 33.1 Å². The molecule has 3 N–H and O–H groups in total. The molecule has 0 bridgehead atoms. The van der Waals surface area contributed by atoms with Gasteiger partial charge in [-0.3, -0.25) is 16.0 Å². The number of aromatic nitrogens is 2. The van der Waals surface area contributed by atoms with Crippen LogP contribution in [0, 0.1) is 5.41 Å². The van der Waals surface area contributed by atoms with Gasteiger partial charge in [-0.25, -0.2) is 0 Å². The van der Waals surface area contributed by atoms with Crippen LogP contribution < -0.4 is 11.3 Å². The van der Waals surface area contributed by atoms with E-state index in [0.29, 0.717) is 11.5 Å². The van der Waals surface area contributed by atoms with E-state index in [0.717, 1.165) is 25.1 Å². The highest BCUT2D eigenvalue weighted by Gasteiger charge is 2.36. The van der Waals surface area contributed by atoms with Gasteiger partial charge in [0.1, 0.15) is 0 Å². The number of nitrogens with zero attached hydrogens (tertiary/aromatic N) is 2. The van der Waals surface area contributed by atoms with Gasteiger partial charge in [0.15, 0.2) is 0 Å². The lowest BCUT2D eigenvalue weighted by molar-refractivity contribution is 0.142. The van der Waals surface area contributed by atoms with E-state index in [-0.39, 0.29) is 0 Å². The average molecular weight is 357 g/mol. The molecule has 1 aromatic rings. The fourth-order valence-corrected chi connectivity index (χ4v) is 4.35. The Morgan fingerprint density at radius 1 is 1.33 bits per heavy atom. The maximum atomic E-state index is 5.92. The van der Waals surface area contributed by atoms with Gasteiger partial charge in [0.2, 0.25) is 0 Å². The lowest BCUT2D eigenvalue weighted by Crippen LogP contribution is -2.49. The Hall–Kier alpha value is -0.390. The smallest absolute Gasteiger partial charge is 0.0766 e. The van der Waals surface area contributed by atoms with Crippen molar-refractivity contribution in [1.29, 1.82) is 0 Å². The monoisotopic (exact) mass is 356 g/mol. The van der Waals surface area contributed by atoms with Crippen molar-refractivity contribution in [2.24, 2.45) is 11.3 Å². The zero-order valence-corrected chi connectivity index (χ0v) is 15.2. The predicted molar refractivity (Wildman–Crippen MR) is 91.0 cm³/mol. The molecule has 4 nitrogen and oxygen atoms in total. The minimum Gasteiger partial charge on any atom is -0.271 e. The summed E-state index contributed by atoms with van der Waals surface area (Å²) < 4.78 is 3.30. The highest BCUT2D eigenvalue weighted by molar-refractivity contribution is 9.10. The molecular weight excluding hydrogens is 328 g/mol. The van der Waals surface area contributed by atoms with Gasteiger partial charge in [-0.05, 0) is 47.5 Å². The van der Waals surface area contributed by atoms with Crippen LogP contribution in [0.3, 0.4) is 0 Å². The van der Waals surface area contributed by atoms with Crippen molar-refractivity contribution in [3.8, 4) is 0 Å². The number of rotatable bonds is 6. The fraction of sp³-hybridized carbons (Fsp3) is 0.812. The third kappa shape index (κ3) is 3.51. The van der Waals surface area contributed by atoms with Crippen LogP contribution in [-0.4, -0.2) is 15.8 Å². The average Bonchev–Trinajstić information content (AvgIpc) is 2.80. The van der Waals surface area contributed by atoms with Crippen LogP contribution in [0.5, 0.6) is 0 Å². The third-order valence-corrected chi connectivity index (χ3v) is 6.05. The third-order valence-electron chi connectivity index (χ3n) is 5.13. The van der Waals surface area contributed by atoms with E-state index in [9.17, 15) is 0 Å². The van der Waals surface area contributed by atoms with E-state index in [1.54, 1.807) is 0 Å². The van der Waals surface area contributed by atoms with E-state index in [1.807, 2.05) is 0 Å². The molecule has 1 fully saturated rings. The summed E-state index contributed by atoms with van der Waals surface area (Å²) in [6.45, 7) is 7.59. The molecule has 1 heterocycles. The second-order valence-electron chi connectivity index (χ2n) is 6.51. The topological polar surface area (TPSA) is 55.9 Å². The van der Waals surface area contributed by atoms with Crippen LogP contribution in [0.4, 0.5) is 0 Å². The van der Waals surface area contributed by atoms with E-state index in [2.05, 4.69) is 46.8 Å². The molecule has 1 unspecified atom stereocenters. The van der Waals surface area contributed by atoms with E-state index >= 15 is 0 Å². The lowest BCUT2D eigenvalue weighted by Gasteiger charge is -2.40. The molecular formula is C16H29BrN4. The summed E-state index contributed by atoms with van der Waals surface area (Å²) in [5, 5.41) is 4.70. The predicted octanol–water partition coefficient (Wildman–Crippen LogP) is 3.57. The quantitative estimate of drug-likeness (QED) is 0.604. The highest BCUT2D eigenvalue weighted by Crippen LogP contribution is 2.40. The fourth-order valence-electron chi connectivity index (χ4n) is 3.62. The summed E-state index contributed by atoms with van der Waals surface area (Å²) in [5.41, 5.74) is 5.83. The Morgan fingerprint density at radius 2 is 2.00 bits per heavy atom. The molecule has 1 aliphatic rings. The van der Waals surface area contributed by atoms with E-state index in [4.69, 9.17) is 10.9 Å². The molecule has 0 spiro atoms.